The Morgan fingerprint density at radius 1 is 1.39 bits per heavy atom. The predicted octanol–water partition coefficient (Wildman–Crippen LogP) is 1.80. The van der Waals surface area contributed by atoms with Crippen LogP contribution < -0.4 is 15.0 Å². The third-order valence-corrected chi connectivity index (χ3v) is 3.32. The average Bonchev–Trinajstić information content (AvgIpc) is 2.50. The van der Waals surface area contributed by atoms with Gasteiger partial charge in [-0.05, 0) is 32.4 Å². The number of methoxy groups -OCH3 is 1. The lowest BCUT2D eigenvalue weighted by molar-refractivity contribution is -0.119. The van der Waals surface area contributed by atoms with Crippen LogP contribution in [0.5, 0.6) is 5.75 Å². The van der Waals surface area contributed by atoms with Crippen LogP contribution in [0.3, 0.4) is 0 Å². The lowest BCUT2D eigenvalue weighted by Gasteiger charge is -2.23. The van der Waals surface area contributed by atoms with Crippen molar-refractivity contribution in [3.05, 3.63) is 24.3 Å². The smallest absolute Gasteiger partial charge is 0.243 e. The molecule has 2 atom stereocenters. The van der Waals surface area contributed by atoms with E-state index in [2.05, 4.69) is 12.2 Å². The first-order chi connectivity index (χ1) is 8.61. The van der Waals surface area contributed by atoms with E-state index in [4.69, 9.17) is 4.74 Å². The van der Waals surface area contributed by atoms with Gasteiger partial charge in [0.2, 0.25) is 5.91 Å². The number of amides is 1. The molecule has 1 aromatic carbocycles. The molecule has 2 rings (SSSR count). The van der Waals surface area contributed by atoms with Crippen molar-refractivity contribution in [1.29, 1.82) is 0 Å². The fraction of sp³-hybridized carbons (Fsp3) is 0.500. The van der Waals surface area contributed by atoms with E-state index in [-0.39, 0.29) is 11.9 Å². The third-order valence-electron chi connectivity index (χ3n) is 3.32. The zero-order valence-electron chi connectivity index (χ0n) is 11.1. The Bertz CT molecular complexity index is 434. The number of ether oxygens (including phenoxy) is 1. The number of carbonyl (C=O) groups is 1. The Kier molecular flexibility index (Phi) is 3.87. The Balaban J connectivity index is 2.27. The van der Waals surface area contributed by atoms with Crippen molar-refractivity contribution in [2.75, 3.05) is 18.6 Å². The van der Waals surface area contributed by atoms with Crippen molar-refractivity contribution < 1.29 is 9.53 Å². The molecule has 1 saturated heterocycles. The molecule has 1 fully saturated rings. The van der Waals surface area contributed by atoms with Crippen LogP contribution in [-0.2, 0) is 4.79 Å². The molecule has 0 saturated carbocycles. The van der Waals surface area contributed by atoms with Crippen LogP contribution in [0.1, 0.15) is 20.3 Å². The molecule has 0 bridgehead atoms. The Morgan fingerprint density at radius 3 is 2.89 bits per heavy atom. The highest BCUT2D eigenvalue weighted by Crippen LogP contribution is 2.23. The molecule has 1 heterocycles. The van der Waals surface area contributed by atoms with Crippen molar-refractivity contribution in [3.63, 3.8) is 0 Å². The number of hydrogen-bond donors (Lipinski definition) is 1. The minimum atomic E-state index is -0.145. The predicted molar refractivity (Wildman–Crippen MR) is 72.0 cm³/mol. The van der Waals surface area contributed by atoms with Gasteiger partial charge >= 0.3 is 0 Å². The van der Waals surface area contributed by atoms with E-state index in [9.17, 15) is 4.79 Å². The van der Waals surface area contributed by atoms with Crippen LogP contribution in [0.4, 0.5) is 5.69 Å². The van der Waals surface area contributed by atoms with Crippen LogP contribution in [0.2, 0.25) is 0 Å². The fourth-order valence-corrected chi connectivity index (χ4v) is 2.28. The van der Waals surface area contributed by atoms with Crippen LogP contribution >= 0.6 is 0 Å². The van der Waals surface area contributed by atoms with E-state index in [1.54, 1.807) is 7.11 Å². The summed E-state index contributed by atoms with van der Waals surface area (Å²) in [4.78, 5) is 14.2. The highest BCUT2D eigenvalue weighted by Gasteiger charge is 2.27. The molecule has 1 aliphatic rings. The second-order valence-corrected chi connectivity index (χ2v) is 4.77. The highest BCUT2D eigenvalue weighted by molar-refractivity contribution is 5.97. The maximum atomic E-state index is 12.3. The first-order valence-corrected chi connectivity index (χ1v) is 6.33. The molecular formula is C14H20N2O2. The molecule has 0 aliphatic carbocycles. The molecule has 1 aliphatic heterocycles. The first kappa shape index (κ1) is 12.9. The number of hydrogen-bond acceptors (Lipinski definition) is 3. The molecule has 0 spiro atoms. The van der Waals surface area contributed by atoms with Crippen molar-refractivity contribution in [3.8, 4) is 5.75 Å². The van der Waals surface area contributed by atoms with Gasteiger partial charge in [0.25, 0.3) is 0 Å². The normalized spacial score (nSPS) is 24.8. The lowest BCUT2D eigenvalue weighted by atomic mass is 10.2. The van der Waals surface area contributed by atoms with Crippen molar-refractivity contribution in [1.82, 2.24) is 5.32 Å². The number of rotatable bonds is 2. The minimum Gasteiger partial charge on any atom is -0.497 e. The second-order valence-electron chi connectivity index (χ2n) is 4.77. The highest BCUT2D eigenvalue weighted by atomic mass is 16.5. The van der Waals surface area contributed by atoms with Gasteiger partial charge in [-0.1, -0.05) is 6.07 Å². The lowest BCUT2D eigenvalue weighted by Crippen LogP contribution is -2.43. The zero-order chi connectivity index (χ0) is 13.1. The summed E-state index contributed by atoms with van der Waals surface area (Å²) in [5, 5.41) is 3.30. The molecule has 0 radical (unpaired) electrons. The Hall–Kier alpha value is -1.55. The molecule has 98 valence electrons. The standard InChI is InChI=1S/C14H20N2O2/c1-10-7-8-16(14(17)11(2)15-10)12-5-4-6-13(9-12)18-3/h4-6,9-11,15H,7-8H2,1-3H3. The minimum absolute atomic E-state index is 0.118. The summed E-state index contributed by atoms with van der Waals surface area (Å²) in [6.45, 7) is 4.76. The van der Waals surface area contributed by atoms with E-state index in [0.29, 0.717) is 6.04 Å². The number of carbonyl (C=O) groups excluding carboxylic acids is 1. The van der Waals surface area contributed by atoms with E-state index in [1.165, 1.54) is 0 Å². The largest absolute Gasteiger partial charge is 0.497 e. The van der Waals surface area contributed by atoms with E-state index in [0.717, 1.165) is 24.4 Å². The summed E-state index contributed by atoms with van der Waals surface area (Å²) in [6, 6.07) is 7.86. The maximum absolute atomic E-state index is 12.3. The molecule has 4 nitrogen and oxygen atoms in total. The molecular weight excluding hydrogens is 228 g/mol. The van der Waals surface area contributed by atoms with Crippen molar-refractivity contribution in [2.24, 2.45) is 0 Å². The van der Waals surface area contributed by atoms with Gasteiger partial charge in [0.15, 0.2) is 0 Å². The fourth-order valence-electron chi connectivity index (χ4n) is 2.28. The number of anilines is 1. The van der Waals surface area contributed by atoms with E-state index >= 15 is 0 Å². The zero-order valence-corrected chi connectivity index (χ0v) is 11.1. The van der Waals surface area contributed by atoms with Gasteiger partial charge in [0, 0.05) is 24.3 Å². The molecule has 18 heavy (non-hydrogen) atoms. The van der Waals surface area contributed by atoms with Crippen molar-refractivity contribution >= 4 is 11.6 Å². The summed E-state index contributed by atoms with van der Waals surface area (Å²) >= 11 is 0. The molecule has 1 amide bonds. The summed E-state index contributed by atoms with van der Waals surface area (Å²) in [5.74, 6) is 0.894. The summed E-state index contributed by atoms with van der Waals surface area (Å²) < 4.78 is 5.21. The second kappa shape index (κ2) is 5.40. The summed E-state index contributed by atoms with van der Waals surface area (Å²) in [6.07, 6.45) is 0.952. The third kappa shape index (κ3) is 2.64. The van der Waals surface area contributed by atoms with Crippen LogP contribution in [0.15, 0.2) is 24.3 Å². The maximum Gasteiger partial charge on any atom is 0.243 e. The number of nitrogens with one attached hydrogen (secondary N) is 1. The van der Waals surface area contributed by atoms with Gasteiger partial charge in [-0.3, -0.25) is 4.79 Å². The number of nitrogens with zero attached hydrogens (tertiary/aromatic N) is 1. The summed E-state index contributed by atoms with van der Waals surface area (Å²) in [5.41, 5.74) is 0.905. The quantitative estimate of drug-likeness (QED) is 0.867. The number of benzene rings is 1. The Labute approximate surface area is 108 Å². The van der Waals surface area contributed by atoms with E-state index < -0.39 is 0 Å². The molecule has 1 N–H and O–H groups in total. The van der Waals surface area contributed by atoms with Crippen molar-refractivity contribution in [2.45, 2.75) is 32.4 Å². The topological polar surface area (TPSA) is 41.6 Å². The molecule has 0 aromatic heterocycles. The first-order valence-electron chi connectivity index (χ1n) is 6.33. The molecule has 1 aromatic rings. The Morgan fingerprint density at radius 2 is 2.17 bits per heavy atom. The van der Waals surface area contributed by atoms with Gasteiger partial charge in [0.05, 0.1) is 13.2 Å². The molecule has 2 unspecified atom stereocenters. The SMILES string of the molecule is COc1cccc(N2CCC(C)NC(C)C2=O)c1. The van der Waals surface area contributed by atoms with Crippen LogP contribution in [-0.4, -0.2) is 31.6 Å². The van der Waals surface area contributed by atoms with Gasteiger partial charge in [0.1, 0.15) is 5.75 Å². The van der Waals surface area contributed by atoms with Gasteiger partial charge in [-0.2, -0.15) is 0 Å². The molecule has 4 heteroatoms. The monoisotopic (exact) mass is 248 g/mol. The van der Waals surface area contributed by atoms with Gasteiger partial charge in [-0.15, -0.1) is 0 Å². The van der Waals surface area contributed by atoms with Gasteiger partial charge in [-0.25, -0.2) is 0 Å². The average molecular weight is 248 g/mol. The van der Waals surface area contributed by atoms with Gasteiger partial charge < -0.3 is 15.0 Å². The van der Waals surface area contributed by atoms with Crippen LogP contribution in [0, 0.1) is 0 Å². The summed E-state index contributed by atoms with van der Waals surface area (Å²) in [7, 11) is 1.63. The van der Waals surface area contributed by atoms with Crippen LogP contribution in [0.25, 0.3) is 0 Å². The van der Waals surface area contributed by atoms with E-state index in [1.807, 2.05) is 36.1 Å².